The number of aromatic nitrogens is 2. The van der Waals surface area contributed by atoms with E-state index in [1.54, 1.807) is 12.1 Å². The summed E-state index contributed by atoms with van der Waals surface area (Å²) in [6, 6.07) is 7.20. The predicted molar refractivity (Wildman–Crippen MR) is 63.4 cm³/mol. The van der Waals surface area contributed by atoms with Crippen molar-refractivity contribution in [1.82, 2.24) is 10.2 Å². The molecule has 0 atom stereocenters. The second-order valence-electron chi connectivity index (χ2n) is 3.23. The first-order chi connectivity index (χ1) is 7.68. The van der Waals surface area contributed by atoms with Gasteiger partial charge in [-0.05, 0) is 19.1 Å². The molecule has 0 fully saturated rings. The van der Waals surface area contributed by atoms with Crippen molar-refractivity contribution in [2.45, 2.75) is 6.92 Å². The Balaban J connectivity index is 2.32. The normalized spacial score (nSPS) is 11.1. The van der Waals surface area contributed by atoms with E-state index in [1.807, 2.05) is 19.1 Å². The van der Waals surface area contributed by atoms with Crippen molar-refractivity contribution < 1.29 is 0 Å². The number of hydrogen-bond acceptors (Lipinski definition) is 4. The summed E-state index contributed by atoms with van der Waals surface area (Å²) < 4.78 is 0. The van der Waals surface area contributed by atoms with Crippen molar-refractivity contribution in [3.05, 3.63) is 35.0 Å². The minimum Gasteiger partial charge on any atom is -0.380 e. The van der Waals surface area contributed by atoms with Gasteiger partial charge >= 0.3 is 0 Å². The third-order valence-corrected chi connectivity index (χ3v) is 2.37. The first-order valence-electron chi connectivity index (χ1n) is 4.65. The minimum atomic E-state index is 0.327. The number of hydrogen-bond donors (Lipinski definition) is 2. The van der Waals surface area contributed by atoms with Crippen LogP contribution >= 0.6 is 11.6 Å². The van der Waals surface area contributed by atoms with E-state index < -0.39 is 0 Å². The number of aromatic amines is 1. The molecule has 0 saturated heterocycles. The Kier molecular flexibility index (Phi) is 2.87. The maximum absolute atomic E-state index is 5.94. The zero-order valence-electron chi connectivity index (χ0n) is 8.61. The third-order valence-electron chi connectivity index (χ3n) is 2.05. The predicted octanol–water partition coefficient (Wildman–Crippen LogP) is 3.37. The number of benzene rings is 1. The number of nitrogens with zero attached hydrogens (tertiary/aromatic N) is 3. The van der Waals surface area contributed by atoms with E-state index in [4.69, 9.17) is 17.3 Å². The molecular weight excluding hydrogens is 226 g/mol. The Morgan fingerprint density at radius 3 is 2.69 bits per heavy atom. The zero-order valence-corrected chi connectivity index (χ0v) is 9.36. The fourth-order valence-electron chi connectivity index (χ4n) is 1.21. The van der Waals surface area contributed by atoms with E-state index in [-0.39, 0.29) is 0 Å². The lowest BCUT2D eigenvalue weighted by Crippen LogP contribution is -1.83. The van der Waals surface area contributed by atoms with Crippen LogP contribution in [-0.4, -0.2) is 10.2 Å². The molecule has 1 heterocycles. The van der Waals surface area contributed by atoms with Gasteiger partial charge < -0.3 is 5.73 Å². The van der Waals surface area contributed by atoms with Crippen molar-refractivity contribution in [2.24, 2.45) is 10.2 Å². The number of aryl methyl sites for hydroxylation is 1. The lowest BCUT2D eigenvalue weighted by Gasteiger charge is -1.95. The molecule has 1 aromatic heterocycles. The van der Waals surface area contributed by atoms with Gasteiger partial charge in [-0.15, -0.1) is 10.2 Å². The number of H-pyrrole nitrogens is 1. The summed E-state index contributed by atoms with van der Waals surface area (Å²) in [5.41, 5.74) is 7.53. The molecule has 5 nitrogen and oxygen atoms in total. The average molecular weight is 236 g/mol. The molecule has 0 amide bonds. The fourth-order valence-corrected chi connectivity index (χ4v) is 1.38. The monoisotopic (exact) mass is 235 g/mol. The molecular formula is C10H10ClN5. The molecule has 0 spiro atoms. The quantitative estimate of drug-likeness (QED) is 0.783. The number of nitrogen functional groups attached to an aromatic ring is 1. The Morgan fingerprint density at radius 1 is 1.31 bits per heavy atom. The largest absolute Gasteiger partial charge is 0.380 e. The topological polar surface area (TPSA) is 79.4 Å². The highest BCUT2D eigenvalue weighted by molar-refractivity contribution is 6.32. The maximum atomic E-state index is 5.94. The van der Waals surface area contributed by atoms with Gasteiger partial charge in [0.15, 0.2) is 5.82 Å². The summed E-state index contributed by atoms with van der Waals surface area (Å²) in [6.45, 7) is 1.82. The summed E-state index contributed by atoms with van der Waals surface area (Å²) in [5.74, 6) is 0.327. The Labute approximate surface area is 97.3 Å². The number of nitrogens with two attached hydrogens (primary N) is 1. The fraction of sp³-hybridized carbons (Fsp3) is 0.100. The smallest absolute Gasteiger partial charge is 0.173 e. The SMILES string of the molecule is Cc1[nH]nc(N)c1N=Nc1ccccc1Cl. The lowest BCUT2D eigenvalue weighted by molar-refractivity contribution is 1.05. The summed E-state index contributed by atoms with van der Waals surface area (Å²) >= 11 is 5.94. The molecule has 1 aromatic carbocycles. The molecule has 0 saturated carbocycles. The van der Waals surface area contributed by atoms with Gasteiger partial charge in [0.25, 0.3) is 0 Å². The van der Waals surface area contributed by atoms with Crippen LogP contribution in [0.3, 0.4) is 0 Å². The summed E-state index contributed by atoms with van der Waals surface area (Å²) in [5, 5.41) is 15.1. The van der Waals surface area contributed by atoms with Gasteiger partial charge in [-0.1, -0.05) is 23.7 Å². The molecule has 6 heteroatoms. The summed E-state index contributed by atoms with van der Waals surface area (Å²) in [7, 11) is 0. The third kappa shape index (κ3) is 2.04. The van der Waals surface area contributed by atoms with Crippen molar-refractivity contribution in [2.75, 3.05) is 5.73 Å². The molecule has 2 aromatic rings. The van der Waals surface area contributed by atoms with E-state index in [2.05, 4.69) is 20.4 Å². The molecule has 0 aliphatic heterocycles. The molecule has 0 unspecified atom stereocenters. The van der Waals surface area contributed by atoms with E-state index in [0.29, 0.717) is 22.2 Å². The molecule has 0 radical (unpaired) electrons. The standard InChI is InChI=1S/C10H10ClN5/c1-6-9(10(12)16-13-6)15-14-8-5-3-2-4-7(8)11/h2-5H,1H3,(H3,12,13,16). The van der Waals surface area contributed by atoms with Gasteiger partial charge in [-0.2, -0.15) is 5.10 Å². The van der Waals surface area contributed by atoms with E-state index >= 15 is 0 Å². The highest BCUT2D eigenvalue weighted by Gasteiger charge is 2.05. The van der Waals surface area contributed by atoms with Crippen LogP contribution in [0, 0.1) is 6.92 Å². The van der Waals surface area contributed by atoms with Gasteiger partial charge in [0.1, 0.15) is 11.4 Å². The van der Waals surface area contributed by atoms with Crippen LogP contribution in [0.15, 0.2) is 34.5 Å². The van der Waals surface area contributed by atoms with Crippen molar-refractivity contribution in [3.63, 3.8) is 0 Å². The molecule has 2 rings (SSSR count). The molecule has 0 aliphatic carbocycles. The van der Waals surface area contributed by atoms with Crippen LogP contribution in [0.4, 0.5) is 17.2 Å². The Morgan fingerprint density at radius 2 is 2.06 bits per heavy atom. The van der Waals surface area contributed by atoms with Crippen LogP contribution in [0.2, 0.25) is 5.02 Å². The van der Waals surface area contributed by atoms with E-state index in [0.717, 1.165) is 5.69 Å². The van der Waals surface area contributed by atoms with Gasteiger partial charge in [0, 0.05) is 0 Å². The maximum Gasteiger partial charge on any atom is 0.173 e. The molecule has 0 aliphatic rings. The Hall–Kier alpha value is -1.88. The van der Waals surface area contributed by atoms with Crippen LogP contribution in [0.25, 0.3) is 0 Å². The number of anilines is 1. The van der Waals surface area contributed by atoms with Gasteiger partial charge in [0.05, 0.1) is 10.7 Å². The van der Waals surface area contributed by atoms with Crippen molar-refractivity contribution >= 4 is 28.8 Å². The molecule has 3 N–H and O–H groups in total. The lowest BCUT2D eigenvalue weighted by atomic mass is 10.3. The van der Waals surface area contributed by atoms with Crippen LogP contribution in [0.5, 0.6) is 0 Å². The Bertz CT molecular complexity index is 512. The van der Waals surface area contributed by atoms with E-state index in [1.165, 1.54) is 0 Å². The number of halogens is 1. The molecule has 82 valence electrons. The second kappa shape index (κ2) is 4.32. The van der Waals surface area contributed by atoms with Crippen molar-refractivity contribution in [1.29, 1.82) is 0 Å². The van der Waals surface area contributed by atoms with Gasteiger partial charge in [-0.3, -0.25) is 5.10 Å². The van der Waals surface area contributed by atoms with E-state index in [9.17, 15) is 0 Å². The number of rotatable bonds is 2. The van der Waals surface area contributed by atoms with Crippen LogP contribution in [0.1, 0.15) is 5.69 Å². The minimum absolute atomic E-state index is 0.327. The van der Waals surface area contributed by atoms with Crippen molar-refractivity contribution in [3.8, 4) is 0 Å². The molecule has 0 bridgehead atoms. The molecule has 16 heavy (non-hydrogen) atoms. The first-order valence-corrected chi connectivity index (χ1v) is 5.03. The first kappa shape index (κ1) is 10.6. The number of azo groups is 1. The highest BCUT2D eigenvalue weighted by Crippen LogP contribution is 2.29. The van der Waals surface area contributed by atoms with Crippen LogP contribution in [-0.2, 0) is 0 Å². The average Bonchev–Trinajstić information content (AvgIpc) is 2.58. The zero-order chi connectivity index (χ0) is 11.5. The highest BCUT2D eigenvalue weighted by atomic mass is 35.5. The van der Waals surface area contributed by atoms with Crippen LogP contribution < -0.4 is 5.73 Å². The summed E-state index contributed by atoms with van der Waals surface area (Å²) in [4.78, 5) is 0. The van der Waals surface area contributed by atoms with Gasteiger partial charge in [-0.25, -0.2) is 0 Å². The van der Waals surface area contributed by atoms with Gasteiger partial charge in [0.2, 0.25) is 0 Å². The number of nitrogens with one attached hydrogen (secondary N) is 1. The summed E-state index contributed by atoms with van der Waals surface area (Å²) in [6.07, 6.45) is 0. The second-order valence-corrected chi connectivity index (χ2v) is 3.64.